The molecule has 0 amide bonds. The van der Waals surface area contributed by atoms with E-state index >= 15 is 0 Å². The van der Waals surface area contributed by atoms with Crippen LogP contribution in [0.3, 0.4) is 0 Å². The first-order valence-electron chi connectivity index (χ1n) is 4.62. The molecule has 0 spiro atoms. The zero-order valence-corrected chi connectivity index (χ0v) is 14.2. The van der Waals surface area contributed by atoms with Gasteiger partial charge in [0.2, 0.25) is 0 Å². The van der Waals surface area contributed by atoms with Crippen molar-refractivity contribution in [2.24, 2.45) is 5.92 Å². The van der Waals surface area contributed by atoms with Crippen LogP contribution in [0.1, 0.15) is 27.7 Å². The smallest absolute Gasteiger partial charge is 0.464 e. The van der Waals surface area contributed by atoms with Gasteiger partial charge in [-0.1, -0.05) is 26.7 Å². The Morgan fingerprint density at radius 2 is 1.44 bits per heavy atom. The molecule has 0 bridgehead atoms. The second-order valence-electron chi connectivity index (χ2n) is 3.88. The third-order valence-electron chi connectivity index (χ3n) is 2.24. The molecule has 1 nitrogen and oxygen atoms in total. The summed E-state index contributed by atoms with van der Waals surface area (Å²) in [7, 11) is 7.25. The summed E-state index contributed by atoms with van der Waals surface area (Å²) in [5.41, 5.74) is 4.25. The van der Waals surface area contributed by atoms with Gasteiger partial charge in [0, 0.05) is 0 Å². The molecule has 0 heterocycles. The standard InChI is InChI=1S/C9H13.C3H8N.2ClH.Ti/c1-6-5-7(2)9(4)8(6)3;1-4(2)3;;;/h6H,1-4H3;1H2,2-3H3;2*1H;/q2*-1;;;+2. The zero-order valence-electron chi connectivity index (χ0n) is 11.0. The Morgan fingerprint density at radius 3 is 1.50 bits per heavy atom. The summed E-state index contributed by atoms with van der Waals surface area (Å²) >= 11 is 0. The normalized spacial score (nSPS) is 17.5. The topological polar surface area (TPSA) is 3.24 Å². The SMILES string of the molecule is CC1=[C-]C(C)C(C)=C1C.Cl.Cl.[CH2-]N(C)C.[Ti+2]. The molecule has 4 heteroatoms. The maximum atomic E-state index is 3.47. The van der Waals surface area contributed by atoms with E-state index in [2.05, 4.69) is 40.8 Å². The van der Waals surface area contributed by atoms with E-state index in [1.807, 2.05) is 14.1 Å². The van der Waals surface area contributed by atoms with Crippen molar-refractivity contribution in [1.29, 1.82) is 0 Å². The van der Waals surface area contributed by atoms with E-state index < -0.39 is 0 Å². The Balaban J connectivity index is -0.0000000921. The van der Waals surface area contributed by atoms with Gasteiger partial charge in [-0.2, -0.15) is 11.1 Å². The van der Waals surface area contributed by atoms with Crippen LogP contribution in [0.5, 0.6) is 0 Å². The van der Waals surface area contributed by atoms with Crippen LogP contribution in [-0.4, -0.2) is 19.0 Å². The molecule has 0 saturated carbocycles. The van der Waals surface area contributed by atoms with Crippen LogP contribution >= 0.6 is 24.8 Å². The van der Waals surface area contributed by atoms with Gasteiger partial charge < -0.3 is 4.90 Å². The number of nitrogens with zero attached hydrogens (tertiary/aromatic N) is 1. The van der Waals surface area contributed by atoms with E-state index in [1.54, 1.807) is 4.90 Å². The first-order chi connectivity index (χ1) is 5.86. The number of hydrogen-bond acceptors (Lipinski definition) is 1. The summed E-state index contributed by atoms with van der Waals surface area (Å²) < 4.78 is 0. The number of halogens is 2. The number of hydrogen-bond donors (Lipinski definition) is 0. The Bertz CT molecular complexity index is 232. The van der Waals surface area contributed by atoms with E-state index in [-0.39, 0.29) is 46.5 Å². The third-order valence-corrected chi connectivity index (χ3v) is 2.24. The fourth-order valence-corrected chi connectivity index (χ4v) is 1.16. The molecule has 0 aromatic rings. The molecule has 1 aliphatic rings. The monoisotopic (exact) mass is 299 g/mol. The van der Waals surface area contributed by atoms with Gasteiger partial charge in [0.15, 0.2) is 0 Å². The van der Waals surface area contributed by atoms with Crippen molar-refractivity contribution >= 4 is 24.8 Å². The van der Waals surface area contributed by atoms with E-state index in [0.29, 0.717) is 5.92 Å². The van der Waals surface area contributed by atoms with Gasteiger partial charge in [0.25, 0.3) is 0 Å². The van der Waals surface area contributed by atoms with Gasteiger partial charge in [-0.05, 0) is 14.1 Å². The van der Waals surface area contributed by atoms with Crippen molar-refractivity contribution in [2.45, 2.75) is 27.7 Å². The summed E-state index contributed by atoms with van der Waals surface area (Å²) in [6.45, 7) is 8.67. The molecule has 0 radical (unpaired) electrons. The van der Waals surface area contributed by atoms with Gasteiger partial charge >= 0.3 is 21.7 Å². The van der Waals surface area contributed by atoms with Gasteiger partial charge in [0.05, 0.1) is 0 Å². The first-order valence-corrected chi connectivity index (χ1v) is 4.62. The average Bonchev–Trinajstić information content (AvgIpc) is 2.17. The van der Waals surface area contributed by atoms with Crippen molar-refractivity contribution in [2.75, 3.05) is 14.1 Å². The minimum Gasteiger partial charge on any atom is -0.464 e. The van der Waals surface area contributed by atoms with Crippen LogP contribution < -0.4 is 0 Å². The maximum Gasteiger partial charge on any atom is 2.00 e. The molecule has 0 aliphatic heterocycles. The van der Waals surface area contributed by atoms with Crippen molar-refractivity contribution in [1.82, 2.24) is 4.90 Å². The molecule has 1 atom stereocenters. The van der Waals surface area contributed by atoms with E-state index in [1.165, 1.54) is 16.7 Å². The number of rotatable bonds is 0. The van der Waals surface area contributed by atoms with E-state index in [4.69, 9.17) is 0 Å². The molecule has 1 aliphatic carbocycles. The van der Waals surface area contributed by atoms with Gasteiger partial charge in [-0.3, -0.25) is 13.1 Å². The Kier molecular flexibility index (Phi) is 19.5. The fourth-order valence-electron chi connectivity index (χ4n) is 1.16. The third kappa shape index (κ3) is 9.92. The van der Waals surface area contributed by atoms with Crippen LogP contribution in [0.4, 0.5) is 0 Å². The second kappa shape index (κ2) is 12.2. The van der Waals surface area contributed by atoms with Crippen LogP contribution in [0.25, 0.3) is 0 Å². The molecule has 0 aromatic heterocycles. The average molecular weight is 300 g/mol. The van der Waals surface area contributed by atoms with E-state index in [0.717, 1.165) is 0 Å². The minimum atomic E-state index is 0. The first kappa shape index (κ1) is 25.5. The zero-order chi connectivity index (χ0) is 10.6. The predicted molar refractivity (Wildman–Crippen MR) is 73.5 cm³/mol. The molecule has 94 valence electrons. The van der Waals surface area contributed by atoms with Crippen molar-refractivity contribution in [3.8, 4) is 0 Å². The fraction of sp³-hybridized carbons (Fsp3) is 0.583. The molecule has 0 aromatic carbocycles. The molecule has 1 rings (SSSR count). The summed E-state index contributed by atoms with van der Waals surface area (Å²) in [6.07, 6.45) is 3.36. The Labute approximate surface area is 128 Å². The van der Waals surface area contributed by atoms with Gasteiger partial charge in [-0.25, -0.2) is 5.57 Å². The largest absolute Gasteiger partial charge is 2.00 e. The van der Waals surface area contributed by atoms with Crippen LogP contribution in [0, 0.1) is 19.0 Å². The maximum absolute atomic E-state index is 3.47. The summed E-state index contributed by atoms with van der Waals surface area (Å²) in [5, 5.41) is 0. The summed E-state index contributed by atoms with van der Waals surface area (Å²) in [4.78, 5) is 1.75. The number of allylic oxidation sites excluding steroid dienone is 4. The van der Waals surface area contributed by atoms with Crippen molar-refractivity contribution in [3.63, 3.8) is 0 Å². The molecular weight excluding hydrogens is 277 g/mol. The molecular formula is C12H23Cl2NTi. The van der Waals surface area contributed by atoms with Gasteiger partial charge in [0.1, 0.15) is 0 Å². The van der Waals surface area contributed by atoms with Crippen LogP contribution in [0.2, 0.25) is 0 Å². The van der Waals surface area contributed by atoms with Crippen molar-refractivity contribution < 1.29 is 21.7 Å². The predicted octanol–water partition coefficient (Wildman–Crippen LogP) is 3.90. The van der Waals surface area contributed by atoms with Crippen LogP contribution in [-0.2, 0) is 21.7 Å². The molecule has 16 heavy (non-hydrogen) atoms. The molecule has 0 N–H and O–H groups in total. The van der Waals surface area contributed by atoms with Crippen LogP contribution in [0.15, 0.2) is 16.7 Å². The Hall–Kier alpha value is 0.734. The molecule has 1 unspecified atom stereocenters. The summed E-state index contributed by atoms with van der Waals surface area (Å²) in [6, 6.07) is 0. The molecule has 0 fully saturated rings. The van der Waals surface area contributed by atoms with Gasteiger partial charge in [-0.15, -0.1) is 31.7 Å². The van der Waals surface area contributed by atoms with Crippen molar-refractivity contribution in [3.05, 3.63) is 29.8 Å². The quantitative estimate of drug-likeness (QED) is 0.484. The minimum absolute atomic E-state index is 0. The molecule has 0 saturated heterocycles. The summed E-state index contributed by atoms with van der Waals surface area (Å²) in [5.74, 6) is 0.560. The van der Waals surface area contributed by atoms with E-state index in [9.17, 15) is 0 Å². The second-order valence-corrected chi connectivity index (χ2v) is 3.88. The Morgan fingerprint density at radius 1 is 1.12 bits per heavy atom.